The van der Waals surface area contributed by atoms with Crippen molar-refractivity contribution in [2.24, 2.45) is 0 Å². The maximum atomic E-state index is 12.9. The minimum atomic E-state index is -0.531. The number of rotatable bonds is 6. The van der Waals surface area contributed by atoms with Gasteiger partial charge >= 0.3 is 6.09 Å². The molecular formula is C22H37N3O2. The van der Waals surface area contributed by atoms with Crippen LogP contribution in [-0.4, -0.2) is 40.7 Å². The molecule has 1 aromatic heterocycles. The Morgan fingerprint density at radius 1 is 1.37 bits per heavy atom. The van der Waals surface area contributed by atoms with Crippen LogP contribution in [0.4, 0.5) is 10.6 Å². The van der Waals surface area contributed by atoms with E-state index in [1.165, 1.54) is 25.7 Å². The maximum Gasteiger partial charge on any atom is 0.416 e. The van der Waals surface area contributed by atoms with Gasteiger partial charge in [-0.3, -0.25) is 9.80 Å². The van der Waals surface area contributed by atoms with E-state index in [4.69, 9.17) is 4.74 Å². The van der Waals surface area contributed by atoms with Crippen molar-refractivity contribution in [3.05, 3.63) is 23.9 Å². The average molecular weight is 376 g/mol. The summed E-state index contributed by atoms with van der Waals surface area (Å²) in [6.45, 7) is 14.2. The highest BCUT2D eigenvalue weighted by atomic mass is 16.6. The lowest BCUT2D eigenvalue weighted by atomic mass is 9.94. The second kappa shape index (κ2) is 9.54. The molecule has 0 radical (unpaired) electrons. The fraction of sp³-hybridized carbons (Fsp3) is 0.727. The van der Waals surface area contributed by atoms with Crippen LogP contribution in [0.15, 0.2) is 18.3 Å². The monoisotopic (exact) mass is 375 g/mol. The number of likely N-dealkylation sites (tertiary alicyclic amines) is 1. The van der Waals surface area contributed by atoms with Crippen molar-refractivity contribution in [1.29, 1.82) is 0 Å². The molecule has 0 spiro atoms. The minimum absolute atomic E-state index is 0.0267. The minimum Gasteiger partial charge on any atom is -0.443 e. The summed E-state index contributed by atoms with van der Waals surface area (Å²) in [7, 11) is 0. The molecule has 152 valence electrons. The van der Waals surface area contributed by atoms with Crippen LogP contribution < -0.4 is 4.90 Å². The molecule has 1 fully saturated rings. The molecule has 1 saturated heterocycles. The number of pyridine rings is 1. The lowest BCUT2D eigenvalue weighted by Gasteiger charge is -2.38. The molecule has 1 aliphatic heterocycles. The lowest BCUT2D eigenvalue weighted by molar-refractivity contribution is 0.0568. The normalized spacial score (nSPS) is 18.6. The van der Waals surface area contributed by atoms with Gasteiger partial charge in [-0.2, -0.15) is 0 Å². The summed E-state index contributed by atoms with van der Waals surface area (Å²) in [5.74, 6) is 0.746. The standard InChI is InChI=1S/C22H37N3O2/c1-7-8-15-24-16-10-9-13-19(24)18-12-11-14-23-20(18)25(17(2)3)21(26)27-22(4,5)6/h11-12,14,17,19H,7-10,13,15-16H2,1-6H3. The summed E-state index contributed by atoms with van der Waals surface area (Å²) in [5.41, 5.74) is 0.616. The highest BCUT2D eigenvalue weighted by molar-refractivity contribution is 5.88. The number of carbonyl (C=O) groups is 1. The largest absolute Gasteiger partial charge is 0.443 e. The zero-order chi connectivity index (χ0) is 20.0. The number of anilines is 1. The zero-order valence-electron chi connectivity index (χ0n) is 18.0. The third-order valence-corrected chi connectivity index (χ3v) is 4.92. The first kappa shape index (κ1) is 21.7. The van der Waals surface area contributed by atoms with E-state index in [0.717, 1.165) is 30.9 Å². The van der Waals surface area contributed by atoms with E-state index in [2.05, 4.69) is 22.9 Å². The van der Waals surface area contributed by atoms with Crippen molar-refractivity contribution in [3.63, 3.8) is 0 Å². The molecule has 0 saturated carbocycles. The average Bonchev–Trinajstić information content (AvgIpc) is 2.59. The third-order valence-electron chi connectivity index (χ3n) is 4.92. The predicted octanol–water partition coefficient (Wildman–Crippen LogP) is 5.56. The van der Waals surface area contributed by atoms with E-state index in [1.807, 2.05) is 40.7 Å². The summed E-state index contributed by atoms with van der Waals surface area (Å²) in [5, 5.41) is 0. The Morgan fingerprint density at radius 2 is 2.11 bits per heavy atom. The highest BCUT2D eigenvalue weighted by Gasteiger charge is 2.32. The Balaban J connectivity index is 2.37. The fourth-order valence-corrected chi connectivity index (χ4v) is 3.70. The van der Waals surface area contributed by atoms with Crippen molar-refractivity contribution in [2.45, 2.75) is 91.3 Å². The zero-order valence-corrected chi connectivity index (χ0v) is 18.0. The molecule has 0 aliphatic carbocycles. The molecule has 0 N–H and O–H groups in total. The van der Waals surface area contributed by atoms with E-state index in [-0.39, 0.29) is 12.1 Å². The van der Waals surface area contributed by atoms with E-state index in [9.17, 15) is 4.79 Å². The number of piperidine rings is 1. The number of hydrogen-bond acceptors (Lipinski definition) is 4. The van der Waals surface area contributed by atoms with Gasteiger partial charge in [0.25, 0.3) is 0 Å². The molecule has 2 rings (SSSR count). The Labute approximate surface area is 165 Å². The first-order valence-electron chi connectivity index (χ1n) is 10.5. The molecule has 27 heavy (non-hydrogen) atoms. The molecule has 1 unspecified atom stereocenters. The van der Waals surface area contributed by atoms with Crippen LogP contribution in [0.3, 0.4) is 0 Å². The number of amides is 1. The second-order valence-corrected chi connectivity index (χ2v) is 8.76. The molecule has 1 amide bonds. The predicted molar refractivity (Wildman–Crippen MR) is 111 cm³/mol. The second-order valence-electron chi connectivity index (χ2n) is 8.76. The van der Waals surface area contributed by atoms with Gasteiger partial charge in [0, 0.05) is 23.8 Å². The Morgan fingerprint density at radius 3 is 2.74 bits per heavy atom. The summed E-state index contributed by atoms with van der Waals surface area (Å²) < 4.78 is 5.68. The third kappa shape index (κ3) is 5.93. The van der Waals surface area contributed by atoms with Crippen LogP contribution in [0.5, 0.6) is 0 Å². The molecular weight excluding hydrogens is 338 g/mol. The van der Waals surface area contributed by atoms with Gasteiger partial charge in [0.1, 0.15) is 11.4 Å². The summed E-state index contributed by atoms with van der Waals surface area (Å²) in [6, 6.07) is 4.41. The van der Waals surface area contributed by atoms with Crippen LogP contribution >= 0.6 is 0 Å². The van der Waals surface area contributed by atoms with Gasteiger partial charge in [-0.1, -0.05) is 25.8 Å². The van der Waals surface area contributed by atoms with Crippen molar-refractivity contribution < 1.29 is 9.53 Å². The van der Waals surface area contributed by atoms with Gasteiger partial charge in [0.2, 0.25) is 0 Å². The molecule has 1 atom stereocenters. The highest BCUT2D eigenvalue weighted by Crippen LogP contribution is 2.36. The smallest absolute Gasteiger partial charge is 0.416 e. The summed E-state index contributed by atoms with van der Waals surface area (Å²) >= 11 is 0. The molecule has 5 nitrogen and oxygen atoms in total. The first-order chi connectivity index (χ1) is 12.7. The number of unbranched alkanes of at least 4 members (excludes halogenated alkanes) is 1. The maximum absolute atomic E-state index is 12.9. The molecule has 0 bridgehead atoms. The summed E-state index contributed by atoms with van der Waals surface area (Å²) in [6.07, 6.45) is 7.42. The van der Waals surface area contributed by atoms with Gasteiger partial charge in [-0.25, -0.2) is 9.78 Å². The number of ether oxygens (including phenoxy) is 1. The van der Waals surface area contributed by atoms with Crippen LogP contribution in [-0.2, 0) is 4.74 Å². The van der Waals surface area contributed by atoms with E-state index in [0.29, 0.717) is 6.04 Å². The fourth-order valence-electron chi connectivity index (χ4n) is 3.70. The van der Waals surface area contributed by atoms with E-state index < -0.39 is 5.60 Å². The van der Waals surface area contributed by atoms with Gasteiger partial charge < -0.3 is 4.74 Å². The quantitative estimate of drug-likeness (QED) is 0.653. The SMILES string of the molecule is CCCCN1CCCCC1c1cccnc1N(C(=O)OC(C)(C)C)C(C)C. The van der Waals surface area contributed by atoms with Gasteiger partial charge in [-0.05, 0) is 73.0 Å². The van der Waals surface area contributed by atoms with Gasteiger partial charge in [0.05, 0.1) is 0 Å². The lowest BCUT2D eigenvalue weighted by Crippen LogP contribution is -2.43. The molecule has 1 aromatic rings. The van der Waals surface area contributed by atoms with Crippen LogP contribution in [0.1, 0.15) is 85.3 Å². The van der Waals surface area contributed by atoms with Crippen LogP contribution in [0, 0.1) is 0 Å². The molecule has 5 heteroatoms. The topological polar surface area (TPSA) is 45.7 Å². The number of carbonyl (C=O) groups excluding carboxylic acids is 1. The summed E-state index contributed by atoms with van der Waals surface area (Å²) in [4.78, 5) is 21.9. The van der Waals surface area contributed by atoms with Gasteiger partial charge in [0.15, 0.2) is 0 Å². The Hall–Kier alpha value is -1.62. The number of aromatic nitrogens is 1. The Bertz CT molecular complexity index is 610. The Kier molecular flexibility index (Phi) is 7.66. The van der Waals surface area contributed by atoms with Crippen LogP contribution in [0.25, 0.3) is 0 Å². The van der Waals surface area contributed by atoms with E-state index in [1.54, 1.807) is 11.1 Å². The van der Waals surface area contributed by atoms with Crippen molar-refractivity contribution >= 4 is 11.9 Å². The molecule has 2 heterocycles. The van der Waals surface area contributed by atoms with E-state index >= 15 is 0 Å². The van der Waals surface area contributed by atoms with Crippen molar-refractivity contribution in [1.82, 2.24) is 9.88 Å². The molecule has 0 aromatic carbocycles. The number of hydrogen-bond donors (Lipinski definition) is 0. The van der Waals surface area contributed by atoms with Gasteiger partial charge in [-0.15, -0.1) is 0 Å². The van der Waals surface area contributed by atoms with Crippen molar-refractivity contribution in [2.75, 3.05) is 18.0 Å². The van der Waals surface area contributed by atoms with Crippen LogP contribution in [0.2, 0.25) is 0 Å². The first-order valence-corrected chi connectivity index (χ1v) is 10.5. The number of nitrogens with zero attached hydrogens (tertiary/aromatic N) is 3. The van der Waals surface area contributed by atoms with Crippen molar-refractivity contribution in [3.8, 4) is 0 Å². The molecule has 1 aliphatic rings.